The molecule has 5 nitrogen and oxygen atoms in total. The van der Waals surface area contributed by atoms with Crippen LogP contribution in [0.2, 0.25) is 0 Å². The van der Waals surface area contributed by atoms with Gasteiger partial charge in [-0.25, -0.2) is 0 Å². The Kier molecular flexibility index (Phi) is 6.79. The maximum Gasteiger partial charge on any atom is 0.230 e. The molecule has 1 saturated heterocycles. The number of carbonyl (C=O) groups excluding carboxylic acids is 1. The highest BCUT2D eigenvalue weighted by Crippen LogP contribution is 2.18. The van der Waals surface area contributed by atoms with E-state index in [9.17, 15) is 4.79 Å². The van der Waals surface area contributed by atoms with Gasteiger partial charge in [0.2, 0.25) is 5.91 Å². The minimum Gasteiger partial charge on any atom is -0.491 e. The molecular weight excluding hydrogens is 360 g/mol. The third-order valence-corrected chi connectivity index (χ3v) is 4.64. The molecule has 2 aromatic carbocycles. The van der Waals surface area contributed by atoms with Crippen molar-refractivity contribution in [1.82, 2.24) is 5.32 Å². The Morgan fingerprint density at radius 1 is 1.22 bits per heavy atom. The first-order valence-corrected chi connectivity index (χ1v) is 9.51. The highest BCUT2D eigenvalue weighted by molar-refractivity contribution is 7.80. The monoisotopic (exact) mass is 384 g/mol. The predicted octanol–water partition coefficient (Wildman–Crippen LogP) is 3.61. The van der Waals surface area contributed by atoms with Gasteiger partial charge in [-0.15, -0.1) is 0 Å². The van der Waals surface area contributed by atoms with Crippen molar-refractivity contribution < 1.29 is 14.3 Å². The van der Waals surface area contributed by atoms with E-state index < -0.39 is 0 Å². The molecule has 1 aliphatic heterocycles. The van der Waals surface area contributed by atoms with Gasteiger partial charge in [-0.3, -0.25) is 4.79 Å². The van der Waals surface area contributed by atoms with Crippen LogP contribution in [0.3, 0.4) is 0 Å². The first kappa shape index (κ1) is 19.3. The zero-order chi connectivity index (χ0) is 19.1. The summed E-state index contributed by atoms with van der Waals surface area (Å²) in [4.78, 5) is 12.2. The molecule has 1 atom stereocenters. The molecule has 1 aliphatic rings. The molecule has 0 radical (unpaired) electrons. The Labute approximate surface area is 165 Å². The van der Waals surface area contributed by atoms with Crippen LogP contribution in [-0.2, 0) is 16.0 Å². The summed E-state index contributed by atoms with van der Waals surface area (Å²) in [6.07, 6.45) is 2.64. The number of ether oxygens (including phenoxy) is 2. The SMILES string of the molecule is Cc1ccccc1CC(=O)NC(=S)Nc1ccc(OCC2CCCO2)cc1. The van der Waals surface area contributed by atoms with Crippen molar-refractivity contribution in [3.8, 4) is 5.75 Å². The van der Waals surface area contributed by atoms with Gasteiger partial charge in [-0.2, -0.15) is 0 Å². The Bertz CT molecular complexity index is 786. The van der Waals surface area contributed by atoms with Crippen LogP contribution in [0, 0.1) is 6.92 Å². The van der Waals surface area contributed by atoms with Crippen LogP contribution in [0.25, 0.3) is 0 Å². The van der Waals surface area contributed by atoms with E-state index in [1.54, 1.807) is 0 Å². The largest absolute Gasteiger partial charge is 0.491 e. The minimum absolute atomic E-state index is 0.140. The molecule has 1 heterocycles. The first-order valence-electron chi connectivity index (χ1n) is 9.10. The molecule has 0 aromatic heterocycles. The van der Waals surface area contributed by atoms with E-state index in [2.05, 4.69) is 10.6 Å². The number of thiocarbonyl (C=S) groups is 1. The van der Waals surface area contributed by atoms with Gasteiger partial charge in [0.15, 0.2) is 5.11 Å². The molecule has 0 saturated carbocycles. The normalized spacial score (nSPS) is 16.0. The van der Waals surface area contributed by atoms with Gasteiger partial charge in [0.25, 0.3) is 0 Å². The van der Waals surface area contributed by atoms with Crippen LogP contribution >= 0.6 is 12.2 Å². The number of aryl methyl sites for hydroxylation is 1. The van der Waals surface area contributed by atoms with Crippen LogP contribution in [-0.4, -0.2) is 30.3 Å². The van der Waals surface area contributed by atoms with Gasteiger partial charge in [0, 0.05) is 12.3 Å². The fourth-order valence-electron chi connectivity index (χ4n) is 2.91. The highest BCUT2D eigenvalue weighted by atomic mass is 32.1. The van der Waals surface area contributed by atoms with Crippen LogP contribution < -0.4 is 15.4 Å². The second kappa shape index (κ2) is 9.48. The molecule has 1 amide bonds. The molecule has 2 N–H and O–H groups in total. The lowest BCUT2D eigenvalue weighted by Crippen LogP contribution is -2.35. The Morgan fingerprint density at radius 3 is 2.70 bits per heavy atom. The Hall–Kier alpha value is -2.44. The molecular formula is C21H24N2O3S. The number of benzene rings is 2. The number of nitrogens with one attached hydrogen (secondary N) is 2. The van der Waals surface area contributed by atoms with Gasteiger partial charge in [0.05, 0.1) is 12.5 Å². The molecule has 0 aliphatic carbocycles. The van der Waals surface area contributed by atoms with Crippen molar-refractivity contribution in [3.63, 3.8) is 0 Å². The van der Waals surface area contributed by atoms with Crippen molar-refractivity contribution in [2.45, 2.75) is 32.3 Å². The maximum atomic E-state index is 12.2. The van der Waals surface area contributed by atoms with E-state index in [0.717, 1.165) is 42.0 Å². The van der Waals surface area contributed by atoms with Crippen LogP contribution in [0.15, 0.2) is 48.5 Å². The molecule has 27 heavy (non-hydrogen) atoms. The summed E-state index contributed by atoms with van der Waals surface area (Å²) in [5, 5.41) is 6.01. The first-order chi connectivity index (χ1) is 13.1. The van der Waals surface area contributed by atoms with E-state index in [1.165, 1.54) is 0 Å². The number of carbonyl (C=O) groups is 1. The zero-order valence-corrected chi connectivity index (χ0v) is 16.2. The van der Waals surface area contributed by atoms with Crippen molar-refractivity contribution in [2.75, 3.05) is 18.5 Å². The van der Waals surface area contributed by atoms with Crippen molar-refractivity contribution in [2.24, 2.45) is 0 Å². The third-order valence-electron chi connectivity index (χ3n) is 4.44. The molecule has 6 heteroatoms. The van der Waals surface area contributed by atoms with E-state index in [1.807, 2.05) is 55.5 Å². The average Bonchev–Trinajstić information content (AvgIpc) is 3.16. The number of hydrogen-bond donors (Lipinski definition) is 2. The lowest BCUT2D eigenvalue weighted by molar-refractivity contribution is -0.119. The number of rotatable bonds is 6. The number of amides is 1. The van der Waals surface area contributed by atoms with Crippen molar-refractivity contribution in [3.05, 3.63) is 59.7 Å². The second-order valence-electron chi connectivity index (χ2n) is 6.58. The molecule has 142 valence electrons. The fourth-order valence-corrected chi connectivity index (χ4v) is 3.15. The summed E-state index contributed by atoms with van der Waals surface area (Å²) in [6, 6.07) is 15.3. The predicted molar refractivity (Wildman–Crippen MR) is 110 cm³/mol. The lowest BCUT2D eigenvalue weighted by atomic mass is 10.1. The Morgan fingerprint density at radius 2 is 2.00 bits per heavy atom. The summed E-state index contributed by atoms with van der Waals surface area (Å²) in [5.74, 6) is 0.642. The fraction of sp³-hybridized carbons (Fsp3) is 0.333. The average molecular weight is 385 g/mol. The van der Waals surface area contributed by atoms with Gasteiger partial charge in [-0.05, 0) is 67.4 Å². The van der Waals surface area contributed by atoms with E-state index in [4.69, 9.17) is 21.7 Å². The van der Waals surface area contributed by atoms with Gasteiger partial charge >= 0.3 is 0 Å². The lowest BCUT2D eigenvalue weighted by Gasteiger charge is -2.13. The van der Waals surface area contributed by atoms with Crippen LogP contribution in [0.4, 0.5) is 5.69 Å². The van der Waals surface area contributed by atoms with E-state index in [0.29, 0.717) is 13.0 Å². The quantitative estimate of drug-likeness (QED) is 0.745. The summed E-state index contributed by atoms with van der Waals surface area (Å²) in [6.45, 7) is 3.38. The molecule has 2 aromatic rings. The van der Waals surface area contributed by atoms with Crippen LogP contribution in [0.1, 0.15) is 24.0 Å². The topological polar surface area (TPSA) is 59.6 Å². The molecule has 1 unspecified atom stereocenters. The summed E-state index contributed by atoms with van der Waals surface area (Å²) >= 11 is 5.23. The molecule has 0 bridgehead atoms. The third kappa shape index (κ3) is 6.05. The maximum absolute atomic E-state index is 12.2. The van der Waals surface area contributed by atoms with Crippen LogP contribution in [0.5, 0.6) is 5.75 Å². The highest BCUT2D eigenvalue weighted by Gasteiger charge is 2.16. The minimum atomic E-state index is -0.140. The standard InChI is InChI=1S/C21H24N2O3S/c1-15-5-2-3-6-16(15)13-20(24)23-21(27)22-17-8-10-18(11-9-17)26-14-19-7-4-12-25-19/h2-3,5-6,8-11,19H,4,7,12-14H2,1H3,(H2,22,23,24,27). The van der Waals surface area contributed by atoms with Gasteiger partial charge in [-0.1, -0.05) is 24.3 Å². The summed E-state index contributed by atoms with van der Waals surface area (Å²) < 4.78 is 11.3. The van der Waals surface area contributed by atoms with Crippen molar-refractivity contribution in [1.29, 1.82) is 0 Å². The van der Waals surface area contributed by atoms with E-state index in [-0.39, 0.29) is 17.1 Å². The molecule has 0 spiro atoms. The zero-order valence-electron chi connectivity index (χ0n) is 15.4. The van der Waals surface area contributed by atoms with Gasteiger partial charge < -0.3 is 20.1 Å². The smallest absolute Gasteiger partial charge is 0.230 e. The summed E-state index contributed by atoms with van der Waals surface area (Å²) in [5.41, 5.74) is 2.87. The van der Waals surface area contributed by atoms with E-state index >= 15 is 0 Å². The molecule has 3 rings (SSSR count). The second-order valence-corrected chi connectivity index (χ2v) is 6.98. The Balaban J connectivity index is 1.44. The summed E-state index contributed by atoms with van der Waals surface area (Å²) in [7, 11) is 0. The number of anilines is 1. The molecule has 1 fully saturated rings. The van der Waals surface area contributed by atoms with Gasteiger partial charge in [0.1, 0.15) is 12.4 Å². The van der Waals surface area contributed by atoms with Crippen molar-refractivity contribution >= 4 is 28.9 Å². The number of hydrogen-bond acceptors (Lipinski definition) is 4.